The summed E-state index contributed by atoms with van der Waals surface area (Å²) in [6, 6.07) is 0. The molecule has 1 N–H and O–H groups in total. The summed E-state index contributed by atoms with van der Waals surface area (Å²) in [6.45, 7) is 8.85. The number of aliphatic carboxylic acids is 1. The van der Waals surface area contributed by atoms with Gasteiger partial charge in [0.1, 0.15) is 0 Å². The molecule has 8 rings (SSSR count). The van der Waals surface area contributed by atoms with Crippen molar-refractivity contribution in [3.63, 3.8) is 0 Å². The van der Waals surface area contributed by atoms with Crippen molar-refractivity contribution in [1.29, 1.82) is 0 Å². The number of hydrogen-bond donors (Lipinski definition) is 1. The van der Waals surface area contributed by atoms with Crippen molar-refractivity contribution in [2.75, 3.05) is 0 Å². The van der Waals surface area contributed by atoms with E-state index in [1.807, 2.05) is 13.8 Å². The van der Waals surface area contributed by atoms with E-state index < -0.39 is 5.97 Å². The van der Waals surface area contributed by atoms with Gasteiger partial charge in [0.15, 0.2) is 0 Å². The molecule has 8 saturated carbocycles. The molecule has 174 valence electrons. The van der Waals surface area contributed by atoms with Crippen molar-refractivity contribution in [3.05, 3.63) is 0 Å². The van der Waals surface area contributed by atoms with Gasteiger partial charge in [-0.3, -0.25) is 4.79 Å². The van der Waals surface area contributed by atoms with Gasteiger partial charge in [0, 0.05) is 0 Å². The summed E-state index contributed by atoms with van der Waals surface area (Å²) in [7, 11) is 0. The SMILES string of the molecule is C1CC2CC1C1C3CCC(C3)C21.CC.CC1C(C)C2CC1C1C3CC(C(=O)O)C(C3)C21. The van der Waals surface area contributed by atoms with Gasteiger partial charge >= 0.3 is 5.97 Å². The first-order chi connectivity index (χ1) is 15.0. The van der Waals surface area contributed by atoms with Gasteiger partial charge in [-0.2, -0.15) is 0 Å². The molecule has 8 aliphatic carbocycles. The molecule has 0 aromatic carbocycles. The molecule has 0 heterocycles. The average molecular weight is 427 g/mol. The molecule has 0 saturated heterocycles. The van der Waals surface area contributed by atoms with Gasteiger partial charge in [-0.05, 0) is 141 Å². The normalized spacial score (nSPS) is 60.3. The summed E-state index contributed by atoms with van der Waals surface area (Å²) in [5.74, 6) is 13.3. The number of carboxylic acids is 1. The van der Waals surface area contributed by atoms with E-state index in [1.54, 1.807) is 38.5 Å². The lowest BCUT2D eigenvalue weighted by atomic mass is 9.62. The van der Waals surface area contributed by atoms with Crippen LogP contribution in [0.2, 0.25) is 0 Å². The summed E-state index contributed by atoms with van der Waals surface area (Å²) in [5, 5.41) is 9.34. The van der Waals surface area contributed by atoms with Crippen LogP contribution in [0.25, 0.3) is 0 Å². The lowest BCUT2D eigenvalue weighted by Crippen LogP contribution is -2.40. The van der Waals surface area contributed by atoms with Crippen molar-refractivity contribution in [2.45, 2.75) is 85.5 Å². The molecule has 0 radical (unpaired) electrons. The van der Waals surface area contributed by atoms with Gasteiger partial charge in [0.2, 0.25) is 0 Å². The topological polar surface area (TPSA) is 37.3 Å². The molecular formula is C29H46O2. The van der Waals surface area contributed by atoms with Gasteiger partial charge in [0.05, 0.1) is 5.92 Å². The maximum atomic E-state index is 11.3. The number of fused-ring (bicyclic) bond motifs is 18. The first-order valence-electron chi connectivity index (χ1n) is 14.3. The van der Waals surface area contributed by atoms with E-state index in [1.165, 1.54) is 48.3 Å². The number of hydrogen-bond acceptors (Lipinski definition) is 1. The first-order valence-corrected chi connectivity index (χ1v) is 14.3. The second kappa shape index (κ2) is 7.49. The molecule has 0 aliphatic heterocycles. The lowest BCUT2D eigenvalue weighted by molar-refractivity contribution is -0.145. The molecular weight excluding hydrogens is 380 g/mol. The highest BCUT2D eigenvalue weighted by Gasteiger charge is 2.66. The quantitative estimate of drug-likeness (QED) is 0.459. The van der Waals surface area contributed by atoms with Crippen molar-refractivity contribution in [2.24, 2.45) is 88.8 Å². The molecule has 13 unspecified atom stereocenters. The summed E-state index contributed by atoms with van der Waals surface area (Å²) in [6.07, 6.45) is 13.3. The zero-order chi connectivity index (χ0) is 21.6. The molecule has 8 aliphatic rings. The summed E-state index contributed by atoms with van der Waals surface area (Å²) in [4.78, 5) is 11.3. The van der Waals surface area contributed by atoms with Crippen LogP contribution in [0.15, 0.2) is 0 Å². The van der Waals surface area contributed by atoms with Crippen LogP contribution in [0.1, 0.15) is 85.5 Å². The van der Waals surface area contributed by atoms with Crippen LogP contribution in [0.4, 0.5) is 0 Å². The summed E-state index contributed by atoms with van der Waals surface area (Å²) < 4.78 is 0. The van der Waals surface area contributed by atoms with Crippen LogP contribution in [-0.2, 0) is 4.79 Å². The van der Waals surface area contributed by atoms with Crippen LogP contribution in [0, 0.1) is 88.8 Å². The standard InChI is InChI=1S/C15H22O2.C12H18.C2H6/c1-6-7(2)10-5-9(6)13-8-3-11(14(10)13)12(4-8)15(16)17;1-2-8-5-7(1)11-9-3-4-10(6-9)12(8)11;1-2/h6-14H,3-5H2,1-2H3,(H,16,17);7-12H,1-6H2;1-2H3. The summed E-state index contributed by atoms with van der Waals surface area (Å²) >= 11 is 0. The molecule has 0 aromatic heterocycles. The number of rotatable bonds is 1. The zero-order valence-electron chi connectivity index (χ0n) is 20.4. The lowest BCUT2D eigenvalue weighted by Gasteiger charge is -2.42. The maximum absolute atomic E-state index is 11.3. The minimum atomic E-state index is -0.514. The van der Waals surface area contributed by atoms with Crippen LogP contribution < -0.4 is 0 Å². The fraction of sp³-hybridized carbons (Fsp3) is 0.966. The molecule has 0 aromatic rings. The van der Waals surface area contributed by atoms with Crippen molar-refractivity contribution >= 4 is 5.97 Å². The highest BCUT2D eigenvalue weighted by atomic mass is 16.4. The van der Waals surface area contributed by atoms with Gasteiger partial charge in [-0.15, -0.1) is 0 Å². The van der Waals surface area contributed by atoms with Crippen LogP contribution in [-0.4, -0.2) is 11.1 Å². The van der Waals surface area contributed by atoms with Crippen LogP contribution in [0.5, 0.6) is 0 Å². The van der Waals surface area contributed by atoms with Gasteiger partial charge in [0.25, 0.3) is 0 Å². The van der Waals surface area contributed by atoms with Gasteiger partial charge < -0.3 is 5.11 Å². The van der Waals surface area contributed by atoms with E-state index in [0.717, 1.165) is 47.8 Å². The van der Waals surface area contributed by atoms with E-state index >= 15 is 0 Å². The predicted octanol–water partition coefficient (Wildman–Crippen LogP) is 6.99. The molecule has 0 spiro atoms. The Labute approximate surface area is 190 Å². The van der Waals surface area contributed by atoms with Gasteiger partial charge in [-0.25, -0.2) is 0 Å². The van der Waals surface area contributed by atoms with Crippen LogP contribution in [0.3, 0.4) is 0 Å². The third-order valence-corrected chi connectivity index (χ3v) is 12.8. The Balaban J connectivity index is 0.000000116. The Morgan fingerprint density at radius 1 is 0.581 bits per heavy atom. The van der Waals surface area contributed by atoms with E-state index in [-0.39, 0.29) is 5.92 Å². The molecule has 31 heavy (non-hydrogen) atoms. The minimum absolute atomic E-state index is 0.00288. The van der Waals surface area contributed by atoms with Crippen molar-refractivity contribution in [1.82, 2.24) is 0 Å². The Hall–Kier alpha value is -0.530. The zero-order valence-corrected chi connectivity index (χ0v) is 20.4. The fourth-order valence-electron chi connectivity index (χ4n) is 12.0. The highest BCUT2D eigenvalue weighted by Crippen LogP contribution is 2.71. The largest absolute Gasteiger partial charge is 0.481 e. The fourth-order valence-corrected chi connectivity index (χ4v) is 12.0. The smallest absolute Gasteiger partial charge is 0.306 e. The number of carboxylic acid groups (broad SMARTS) is 1. The van der Waals surface area contributed by atoms with E-state index in [0.29, 0.717) is 5.92 Å². The molecule has 2 heteroatoms. The summed E-state index contributed by atoms with van der Waals surface area (Å²) in [5.41, 5.74) is 0. The first kappa shape index (κ1) is 21.0. The Bertz CT molecular complexity index is 672. The molecule has 8 bridgehead atoms. The predicted molar refractivity (Wildman–Crippen MR) is 124 cm³/mol. The van der Waals surface area contributed by atoms with E-state index in [2.05, 4.69) is 13.8 Å². The monoisotopic (exact) mass is 426 g/mol. The second-order valence-electron chi connectivity index (χ2n) is 13.1. The Morgan fingerprint density at radius 2 is 1.06 bits per heavy atom. The van der Waals surface area contributed by atoms with E-state index in [9.17, 15) is 9.90 Å². The second-order valence-corrected chi connectivity index (χ2v) is 13.1. The molecule has 2 nitrogen and oxygen atoms in total. The molecule has 0 amide bonds. The highest BCUT2D eigenvalue weighted by molar-refractivity contribution is 5.71. The Kier molecular flexibility index (Phi) is 5.08. The number of carbonyl (C=O) groups is 1. The average Bonchev–Trinajstić information content (AvgIpc) is 3.62. The third kappa shape index (κ3) is 2.78. The van der Waals surface area contributed by atoms with Gasteiger partial charge in [-0.1, -0.05) is 27.7 Å². The minimum Gasteiger partial charge on any atom is -0.481 e. The van der Waals surface area contributed by atoms with Crippen molar-refractivity contribution in [3.8, 4) is 0 Å². The maximum Gasteiger partial charge on any atom is 0.306 e. The molecule has 8 fully saturated rings. The Morgan fingerprint density at radius 3 is 1.55 bits per heavy atom. The van der Waals surface area contributed by atoms with Crippen molar-refractivity contribution < 1.29 is 9.90 Å². The van der Waals surface area contributed by atoms with E-state index in [4.69, 9.17) is 0 Å². The van der Waals surface area contributed by atoms with Crippen LogP contribution >= 0.6 is 0 Å². The molecule has 13 atom stereocenters. The third-order valence-electron chi connectivity index (χ3n) is 12.8.